The maximum absolute atomic E-state index is 5.04. The first-order chi connectivity index (χ1) is 13.3. The summed E-state index contributed by atoms with van der Waals surface area (Å²) in [5, 5.41) is 1.16. The SMILES string of the molecule is Cc1ccc2ccc3c(c2n1)N=C(c1ccc(-c2ccccc2)cc1)CC3. The van der Waals surface area contributed by atoms with Crippen molar-refractivity contribution in [1.29, 1.82) is 0 Å². The second-order valence-electron chi connectivity index (χ2n) is 7.10. The summed E-state index contributed by atoms with van der Waals surface area (Å²) >= 11 is 0. The van der Waals surface area contributed by atoms with Crippen molar-refractivity contribution in [3.05, 3.63) is 95.7 Å². The largest absolute Gasteiger partial charge is 0.251 e. The molecule has 2 heteroatoms. The molecule has 4 aromatic rings. The normalized spacial score (nSPS) is 13.3. The van der Waals surface area contributed by atoms with E-state index in [0.29, 0.717) is 0 Å². The maximum atomic E-state index is 5.04. The predicted molar refractivity (Wildman–Crippen MR) is 113 cm³/mol. The van der Waals surface area contributed by atoms with Crippen LogP contribution in [0, 0.1) is 6.92 Å². The van der Waals surface area contributed by atoms with Gasteiger partial charge in [0.2, 0.25) is 0 Å². The van der Waals surface area contributed by atoms with Crippen LogP contribution < -0.4 is 0 Å². The Hall–Kier alpha value is -3.26. The van der Waals surface area contributed by atoms with Gasteiger partial charge in [0.1, 0.15) is 0 Å². The third-order valence-electron chi connectivity index (χ3n) is 5.26. The van der Waals surface area contributed by atoms with Crippen LogP contribution in [0.1, 0.15) is 23.2 Å². The highest BCUT2D eigenvalue weighted by Gasteiger charge is 2.17. The molecule has 0 saturated carbocycles. The van der Waals surface area contributed by atoms with Crippen molar-refractivity contribution in [2.45, 2.75) is 19.8 Å². The first-order valence-corrected chi connectivity index (χ1v) is 9.40. The van der Waals surface area contributed by atoms with E-state index >= 15 is 0 Å². The van der Waals surface area contributed by atoms with E-state index in [1.54, 1.807) is 0 Å². The average molecular weight is 348 g/mol. The lowest BCUT2D eigenvalue weighted by molar-refractivity contribution is 1.01. The highest BCUT2D eigenvalue weighted by atomic mass is 14.8. The van der Waals surface area contributed by atoms with Gasteiger partial charge in [-0.25, -0.2) is 0 Å². The highest BCUT2D eigenvalue weighted by molar-refractivity contribution is 6.06. The zero-order chi connectivity index (χ0) is 18.2. The van der Waals surface area contributed by atoms with Crippen molar-refractivity contribution in [2.75, 3.05) is 0 Å². The molecule has 3 aromatic carbocycles. The van der Waals surface area contributed by atoms with E-state index in [-0.39, 0.29) is 0 Å². The van der Waals surface area contributed by atoms with Crippen LogP contribution >= 0.6 is 0 Å². The number of benzene rings is 3. The van der Waals surface area contributed by atoms with Crippen LogP contribution in [0.5, 0.6) is 0 Å². The van der Waals surface area contributed by atoms with Gasteiger partial charge in [-0.05, 0) is 48.1 Å². The Kier molecular flexibility index (Phi) is 3.83. The molecule has 2 nitrogen and oxygen atoms in total. The average Bonchev–Trinajstić information content (AvgIpc) is 2.74. The van der Waals surface area contributed by atoms with E-state index in [2.05, 4.69) is 72.8 Å². The molecule has 0 amide bonds. The lowest BCUT2D eigenvalue weighted by Gasteiger charge is -2.17. The van der Waals surface area contributed by atoms with Gasteiger partial charge in [0.15, 0.2) is 0 Å². The Morgan fingerprint density at radius 1 is 0.667 bits per heavy atom. The molecule has 130 valence electrons. The number of rotatable bonds is 2. The van der Waals surface area contributed by atoms with E-state index in [9.17, 15) is 0 Å². The van der Waals surface area contributed by atoms with E-state index in [1.807, 2.05) is 13.0 Å². The summed E-state index contributed by atoms with van der Waals surface area (Å²) in [5.41, 5.74) is 9.22. The molecule has 1 aliphatic rings. The molecule has 0 radical (unpaired) electrons. The van der Waals surface area contributed by atoms with Crippen molar-refractivity contribution in [3.8, 4) is 11.1 Å². The Labute approximate surface area is 159 Å². The van der Waals surface area contributed by atoms with Crippen LogP contribution in [-0.4, -0.2) is 10.7 Å². The molecule has 0 N–H and O–H groups in total. The summed E-state index contributed by atoms with van der Waals surface area (Å²) in [7, 11) is 0. The van der Waals surface area contributed by atoms with Crippen LogP contribution in [0.15, 0.2) is 83.9 Å². The molecule has 27 heavy (non-hydrogen) atoms. The number of fused-ring (bicyclic) bond motifs is 3. The number of pyridine rings is 1. The lowest BCUT2D eigenvalue weighted by atomic mass is 9.94. The van der Waals surface area contributed by atoms with Gasteiger partial charge in [-0.15, -0.1) is 0 Å². The Morgan fingerprint density at radius 3 is 2.19 bits per heavy atom. The quantitative estimate of drug-likeness (QED) is 0.419. The Balaban J connectivity index is 1.56. The van der Waals surface area contributed by atoms with Gasteiger partial charge in [0.25, 0.3) is 0 Å². The van der Waals surface area contributed by atoms with Crippen LogP contribution in [0.2, 0.25) is 0 Å². The standard InChI is InChI=1S/C25H20N2/c1-17-7-8-21-13-14-22-15-16-23(27-25(22)24(21)26-17)20-11-9-19(10-12-20)18-5-3-2-4-6-18/h2-14H,15-16H2,1H3. The molecule has 0 spiro atoms. The van der Waals surface area contributed by atoms with E-state index < -0.39 is 0 Å². The van der Waals surface area contributed by atoms with Crippen LogP contribution in [-0.2, 0) is 6.42 Å². The third kappa shape index (κ3) is 2.93. The second-order valence-corrected chi connectivity index (χ2v) is 7.10. The summed E-state index contributed by atoms with van der Waals surface area (Å²) in [6.07, 6.45) is 1.98. The summed E-state index contributed by atoms with van der Waals surface area (Å²) in [6, 6.07) is 27.8. The third-order valence-corrected chi connectivity index (χ3v) is 5.26. The molecular weight excluding hydrogens is 328 g/mol. The van der Waals surface area contributed by atoms with Crippen molar-refractivity contribution in [3.63, 3.8) is 0 Å². The monoisotopic (exact) mass is 348 g/mol. The summed E-state index contributed by atoms with van der Waals surface area (Å²) in [6.45, 7) is 2.04. The molecule has 0 atom stereocenters. The summed E-state index contributed by atoms with van der Waals surface area (Å²) in [5.74, 6) is 0. The van der Waals surface area contributed by atoms with Gasteiger partial charge in [-0.3, -0.25) is 9.98 Å². The molecule has 0 fully saturated rings. The Bertz CT molecular complexity index is 1160. The number of hydrogen-bond donors (Lipinski definition) is 0. The number of aliphatic imine (C=N–C) groups is 1. The smallest absolute Gasteiger partial charge is 0.0964 e. The van der Waals surface area contributed by atoms with Crippen molar-refractivity contribution in [2.24, 2.45) is 4.99 Å². The van der Waals surface area contributed by atoms with Crippen LogP contribution in [0.3, 0.4) is 0 Å². The van der Waals surface area contributed by atoms with Crippen molar-refractivity contribution < 1.29 is 0 Å². The minimum Gasteiger partial charge on any atom is -0.251 e. The maximum Gasteiger partial charge on any atom is 0.0964 e. The van der Waals surface area contributed by atoms with E-state index in [1.165, 1.54) is 22.3 Å². The lowest BCUT2D eigenvalue weighted by Crippen LogP contribution is -2.08. The molecule has 0 bridgehead atoms. The van der Waals surface area contributed by atoms with Gasteiger partial charge in [-0.1, -0.05) is 72.8 Å². The number of nitrogens with zero attached hydrogens (tertiary/aromatic N) is 2. The van der Waals surface area contributed by atoms with Gasteiger partial charge < -0.3 is 0 Å². The fraction of sp³-hybridized carbons (Fsp3) is 0.120. The Morgan fingerprint density at radius 2 is 1.37 bits per heavy atom. The van der Waals surface area contributed by atoms with Gasteiger partial charge >= 0.3 is 0 Å². The van der Waals surface area contributed by atoms with E-state index in [4.69, 9.17) is 9.98 Å². The highest BCUT2D eigenvalue weighted by Crippen LogP contribution is 2.34. The first-order valence-electron chi connectivity index (χ1n) is 9.40. The second kappa shape index (κ2) is 6.48. The topological polar surface area (TPSA) is 25.2 Å². The molecule has 0 saturated heterocycles. The molecule has 0 unspecified atom stereocenters. The fourth-order valence-corrected chi connectivity index (χ4v) is 3.78. The molecule has 1 aromatic heterocycles. The van der Waals surface area contributed by atoms with Gasteiger partial charge in [0, 0.05) is 16.8 Å². The minimum atomic E-state index is 0.967. The van der Waals surface area contributed by atoms with Crippen molar-refractivity contribution in [1.82, 2.24) is 4.98 Å². The minimum absolute atomic E-state index is 0.967. The first kappa shape index (κ1) is 16.0. The molecule has 0 aliphatic carbocycles. The number of aryl methyl sites for hydroxylation is 2. The number of hydrogen-bond acceptors (Lipinski definition) is 2. The summed E-state index contributed by atoms with van der Waals surface area (Å²) < 4.78 is 0. The molecule has 1 aliphatic heterocycles. The van der Waals surface area contributed by atoms with E-state index in [0.717, 1.165) is 40.8 Å². The molecule has 2 heterocycles. The zero-order valence-corrected chi connectivity index (χ0v) is 15.3. The van der Waals surface area contributed by atoms with Crippen LogP contribution in [0.25, 0.3) is 22.0 Å². The predicted octanol–water partition coefficient (Wildman–Crippen LogP) is 6.28. The van der Waals surface area contributed by atoms with Gasteiger partial charge in [-0.2, -0.15) is 0 Å². The van der Waals surface area contributed by atoms with Gasteiger partial charge in [0.05, 0.1) is 11.2 Å². The number of aromatic nitrogens is 1. The summed E-state index contributed by atoms with van der Waals surface area (Å²) in [4.78, 5) is 9.81. The fourth-order valence-electron chi connectivity index (χ4n) is 3.78. The van der Waals surface area contributed by atoms with Crippen molar-refractivity contribution >= 4 is 22.3 Å². The molecular formula is C25H20N2. The van der Waals surface area contributed by atoms with Crippen LogP contribution in [0.4, 0.5) is 5.69 Å². The zero-order valence-electron chi connectivity index (χ0n) is 15.3. The molecule has 5 rings (SSSR count).